The SMILES string of the molecule is NCC1(c2nc(C3CCCCCCC3)no2)CC1. The van der Waals surface area contributed by atoms with Gasteiger partial charge in [-0.25, -0.2) is 0 Å². The third-order valence-electron chi connectivity index (χ3n) is 4.61. The van der Waals surface area contributed by atoms with Crippen molar-refractivity contribution in [3.05, 3.63) is 11.7 Å². The predicted octanol–water partition coefficient (Wildman–Crippen LogP) is 2.89. The molecular weight excluding hydrogens is 226 g/mol. The molecule has 0 saturated heterocycles. The molecular formula is C14H23N3O. The van der Waals surface area contributed by atoms with Gasteiger partial charge < -0.3 is 10.3 Å². The molecule has 2 aliphatic rings. The van der Waals surface area contributed by atoms with E-state index in [-0.39, 0.29) is 5.41 Å². The Balaban J connectivity index is 1.71. The predicted molar refractivity (Wildman–Crippen MR) is 69.3 cm³/mol. The second-order valence-electron chi connectivity index (χ2n) is 5.98. The van der Waals surface area contributed by atoms with E-state index in [2.05, 4.69) is 10.1 Å². The Morgan fingerprint density at radius 3 is 2.39 bits per heavy atom. The molecule has 0 radical (unpaired) electrons. The van der Waals surface area contributed by atoms with Crippen LogP contribution in [-0.2, 0) is 5.41 Å². The maximum atomic E-state index is 5.81. The Morgan fingerprint density at radius 1 is 1.11 bits per heavy atom. The van der Waals surface area contributed by atoms with E-state index in [0.717, 1.165) is 24.6 Å². The summed E-state index contributed by atoms with van der Waals surface area (Å²) in [5, 5.41) is 4.22. The number of hydrogen-bond acceptors (Lipinski definition) is 4. The van der Waals surface area contributed by atoms with Gasteiger partial charge in [-0.15, -0.1) is 0 Å². The highest BCUT2D eigenvalue weighted by atomic mass is 16.5. The van der Waals surface area contributed by atoms with Crippen LogP contribution >= 0.6 is 0 Å². The fraction of sp³-hybridized carbons (Fsp3) is 0.857. The molecule has 3 rings (SSSR count). The van der Waals surface area contributed by atoms with Crippen molar-refractivity contribution in [3.63, 3.8) is 0 Å². The third-order valence-corrected chi connectivity index (χ3v) is 4.61. The van der Waals surface area contributed by atoms with Gasteiger partial charge in [-0.3, -0.25) is 0 Å². The molecule has 100 valence electrons. The molecule has 2 aliphatic carbocycles. The summed E-state index contributed by atoms with van der Waals surface area (Å²) >= 11 is 0. The first kappa shape index (κ1) is 12.2. The van der Waals surface area contributed by atoms with Crippen molar-refractivity contribution in [1.29, 1.82) is 0 Å². The van der Waals surface area contributed by atoms with Crippen molar-refractivity contribution in [2.75, 3.05) is 6.54 Å². The Morgan fingerprint density at radius 2 is 1.78 bits per heavy atom. The van der Waals surface area contributed by atoms with Crippen molar-refractivity contribution in [3.8, 4) is 0 Å². The van der Waals surface area contributed by atoms with Crippen LogP contribution in [0, 0.1) is 0 Å². The van der Waals surface area contributed by atoms with Gasteiger partial charge >= 0.3 is 0 Å². The Bertz CT molecular complexity index is 389. The number of nitrogens with zero attached hydrogens (tertiary/aromatic N) is 2. The van der Waals surface area contributed by atoms with E-state index in [1.807, 2.05) is 0 Å². The van der Waals surface area contributed by atoms with Gasteiger partial charge in [-0.05, 0) is 25.7 Å². The fourth-order valence-electron chi connectivity index (χ4n) is 2.99. The Hall–Kier alpha value is -0.900. The summed E-state index contributed by atoms with van der Waals surface area (Å²) in [7, 11) is 0. The van der Waals surface area contributed by atoms with Crippen LogP contribution in [0.4, 0.5) is 0 Å². The number of nitrogens with two attached hydrogens (primary N) is 1. The van der Waals surface area contributed by atoms with Gasteiger partial charge in [0.15, 0.2) is 5.82 Å². The summed E-state index contributed by atoms with van der Waals surface area (Å²) in [4.78, 5) is 4.65. The average molecular weight is 249 g/mol. The van der Waals surface area contributed by atoms with E-state index in [9.17, 15) is 0 Å². The summed E-state index contributed by atoms with van der Waals surface area (Å²) < 4.78 is 5.47. The molecule has 2 saturated carbocycles. The molecule has 0 aliphatic heterocycles. The van der Waals surface area contributed by atoms with Crippen LogP contribution in [0.2, 0.25) is 0 Å². The van der Waals surface area contributed by atoms with E-state index >= 15 is 0 Å². The first-order valence-electron chi connectivity index (χ1n) is 7.38. The Kier molecular flexibility index (Phi) is 3.37. The standard InChI is InChI=1S/C14H23N3O/c15-10-14(8-9-14)13-16-12(17-18-13)11-6-4-2-1-3-5-7-11/h11H,1-10,15H2. The minimum Gasteiger partial charge on any atom is -0.339 e. The van der Waals surface area contributed by atoms with Crippen LogP contribution < -0.4 is 5.73 Å². The van der Waals surface area contributed by atoms with Gasteiger partial charge in [0.25, 0.3) is 0 Å². The highest BCUT2D eigenvalue weighted by Crippen LogP contribution is 2.46. The molecule has 4 nitrogen and oxygen atoms in total. The first-order valence-corrected chi connectivity index (χ1v) is 7.38. The Labute approximate surface area is 108 Å². The molecule has 0 unspecified atom stereocenters. The molecule has 1 heterocycles. The molecule has 1 aromatic heterocycles. The zero-order valence-electron chi connectivity index (χ0n) is 11.0. The molecule has 4 heteroatoms. The zero-order chi connectivity index (χ0) is 12.4. The maximum absolute atomic E-state index is 5.81. The monoisotopic (exact) mass is 249 g/mol. The largest absolute Gasteiger partial charge is 0.339 e. The lowest BCUT2D eigenvalue weighted by molar-refractivity contribution is 0.337. The maximum Gasteiger partial charge on any atom is 0.234 e. The summed E-state index contributed by atoms with van der Waals surface area (Å²) in [6, 6.07) is 0. The average Bonchev–Trinajstić information content (AvgIpc) is 3.00. The van der Waals surface area contributed by atoms with Crippen molar-refractivity contribution >= 4 is 0 Å². The number of aromatic nitrogens is 2. The van der Waals surface area contributed by atoms with Crippen molar-refractivity contribution in [1.82, 2.24) is 10.1 Å². The highest BCUT2D eigenvalue weighted by Gasteiger charge is 2.48. The van der Waals surface area contributed by atoms with Crippen LogP contribution in [0.25, 0.3) is 0 Å². The van der Waals surface area contributed by atoms with Gasteiger partial charge in [0.2, 0.25) is 5.89 Å². The van der Waals surface area contributed by atoms with Crippen LogP contribution in [0.3, 0.4) is 0 Å². The van der Waals surface area contributed by atoms with E-state index in [0.29, 0.717) is 12.5 Å². The fourth-order valence-corrected chi connectivity index (χ4v) is 2.99. The molecule has 18 heavy (non-hydrogen) atoms. The van der Waals surface area contributed by atoms with Crippen LogP contribution in [0.5, 0.6) is 0 Å². The summed E-state index contributed by atoms with van der Waals surface area (Å²) in [6.07, 6.45) is 11.4. The molecule has 0 atom stereocenters. The minimum absolute atomic E-state index is 0.0346. The molecule has 1 aromatic rings. The van der Waals surface area contributed by atoms with Gasteiger partial charge in [-0.2, -0.15) is 4.98 Å². The second kappa shape index (κ2) is 5.00. The summed E-state index contributed by atoms with van der Waals surface area (Å²) in [5.41, 5.74) is 5.84. The lowest BCUT2D eigenvalue weighted by Crippen LogP contribution is -2.20. The van der Waals surface area contributed by atoms with Crippen molar-refractivity contribution in [2.24, 2.45) is 5.73 Å². The summed E-state index contributed by atoms with van der Waals surface area (Å²) in [6.45, 7) is 0.638. The van der Waals surface area contributed by atoms with Gasteiger partial charge in [0.1, 0.15) is 0 Å². The van der Waals surface area contributed by atoms with E-state index in [1.54, 1.807) is 0 Å². The molecule has 2 fully saturated rings. The van der Waals surface area contributed by atoms with Gasteiger partial charge in [-0.1, -0.05) is 37.3 Å². The third kappa shape index (κ3) is 2.30. The van der Waals surface area contributed by atoms with E-state index in [1.165, 1.54) is 44.9 Å². The normalized spacial score (nSPS) is 24.5. The smallest absolute Gasteiger partial charge is 0.234 e. The zero-order valence-corrected chi connectivity index (χ0v) is 11.0. The highest BCUT2D eigenvalue weighted by molar-refractivity contribution is 5.17. The van der Waals surface area contributed by atoms with Crippen LogP contribution in [0.1, 0.15) is 75.4 Å². The van der Waals surface area contributed by atoms with Gasteiger partial charge in [0.05, 0.1) is 5.41 Å². The number of rotatable bonds is 3. The molecule has 2 N–H and O–H groups in total. The first-order chi connectivity index (χ1) is 8.84. The molecule has 0 aromatic carbocycles. The van der Waals surface area contributed by atoms with E-state index < -0.39 is 0 Å². The lowest BCUT2D eigenvalue weighted by atomic mass is 9.91. The van der Waals surface area contributed by atoms with Crippen molar-refractivity contribution in [2.45, 2.75) is 69.1 Å². The van der Waals surface area contributed by atoms with Crippen molar-refractivity contribution < 1.29 is 4.52 Å². The molecule has 0 amide bonds. The van der Waals surface area contributed by atoms with Crippen LogP contribution in [0.15, 0.2) is 4.52 Å². The van der Waals surface area contributed by atoms with Crippen LogP contribution in [-0.4, -0.2) is 16.7 Å². The quantitative estimate of drug-likeness (QED) is 0.894. The second-order valence-corrected chi connectivity index (χ2v) is 5.98. The minimum atomic E-state index is 0.0346. The van der Waals surface area contributed by atoms with E-state index in [4.69, 9.17) is 10.3 Å². The topological polar surface area (TPSA) is 64.9 Å². The van der Waals surface area contributed by atoms with Gasteiger partial charge in [0, 0.05) is 12.5 Å². The number of hydrogen-bond donors (Lipinski definition) is 1. The summed E-state index contributed by atoms with van der Waals surface area (Å²) in [5.74, 6) is 2.24. The lowest BCUT2D eigenvalue weighted by Gasteiger charge is -2.15. The molecule has 0 spiro atoms. The molecule has 0 bridgehead atoms.